The summed E-state index contributed by atoms with van der Waals surface area (Å²) < 4.78 is 45.7. The number of aromatic nitrogens is 2. The monoisotopic (exact) mass is 339 g/mol. The Hall–Kier alpha value is -2.51. The zero-order valence-corrected chi connectivity index (χ0v) is 13.0. The predicted octanol–water partition coefficient (Wildman–Crippen LogP) is 3.03. The summed E-state index contributed by atoms with van der Waals surface area (Å²) in [4.78, 5) is 13.8. The lowest BCUT2D eigenvalue weighted by Crippen LogP contribution is -2.38. The maximum absolute atomic E-state index is 12.9. The number of fused-ring (bicyclic) bond motifs is 1. The van der Waals surface area contributed by atoms with Gasteiger partial charge in [-0.1, -0.05) is 0 Å². The Morgan fingerprint density at radius 2 is 2.17 bits per heavy atom. The van der Waals surface area contributed by atoms with E-state index in [1.807, 2.05) is 13.1 Å². The minimum atomic E-state index is -4.46. The first-order chi connectivity index (χ1) is 11.3. The fourth-order valence-corrected chi connectivity index (χ4v) is 2.59. The molecule has 8 heteroatoms. The highest BCUT2D eigenvalue weighted by Crippen LogP contribution is 2.38. The second-order valence-electron chi connectivity index (χ2n) is 5.60. The van der Waals surface area contributed by atoms with E-state index in [1.165, 1.54) is 11.0 Å². The van der Waals surface area contributed by atoms with Crippen LogP contribution in [0.25, 0.3) is 0 Å². The van der Waals surface area contributed by atoms with Crippen molar-refractivity contribution in [3.63, 3.8) is 0 Å². The van der Waals surface area contributed by atoms with Crippen molar-refractivity contribution in [2.75, 3.05) is 18.1 Å². The minimum Gasteiger partial charge on any atom is -0.490 e. The van der Waals surface area contributed by atoms with Crippen LogP contribution in [0.5, 0.6) is 5.75 Å². The fourth-order valence-electron chi connectivity index (χ4n) is 2.59. The summed E-state index contributed by atoms with van der Waals surface area (Å²) in [5.74, 6) is 0.0320. The molecule has 128 valence electrons. The standard InChI is InChI=1S/C16H16F3N3O2/c1-11-9-20-21(10-11)5-4-15(23)22-6-7-24-14-3-2-12(8-13(14)22)16(17,18)19/h2-3,8-10H,4-7H2,1H3. The summed E-state index contributed by atoms with van der Waals surface area (Å²) in [5, 5.41) is 4.10. The topological polar surface area (TPSA) is 47.4 Å². The summed E-state index contributed by atoms with van der Waals surface area (Å²) in [6.45, 7) is 2.75. The lowest BCUT2D eigenvalue weighted by Gasteiger charge is -2.30. The average Bonchev–Trinajstić information content (AvgIpc) is 2.96. The van der Waals surface area contributed by atoms with Crippen LogP contribution >= 0.6 is 0 Å². The van der Waals surface area contributed by atoms with Crippen LogP contribution < -0.4 is 9.64 Å². The second-order valence-corrected chi connectivity index (χ2v) is 5.60. The lowest BCUT2D eigenvalue weighted by atomic mass is 10.1. The van der Waals surface area contributed by atoms with Gasteiger partial charge >= 0.3 is 6.18 Å². The van der Waals surface area contributed by atoms with Gasteiger partial charge in [-0.2, -0.15) is 18.3 Å². The molecule has 1 aromatic carbocycles. The minimum absolute atomic E-state index is 0.150. The van der Waals surface area contributed by atoms with Crippen molar-refractivity contribution in [3.8, 4) is 5.75 Å². The van der Waals surface area contributed by atoms with Gasteiger partial charge in [0.05, 0.1) is 24.0 Å². The van der Waals surface area contributed by atoms with Crippen LogP contribution in [0.1, 0.15) is 17.5 Å². The number of carbonyl (C=O) groups excluding carboxylic acids is 1. The van der Waals surface area contributed by atoms with E-state index >= 15 is 0 Å². The first kappa shape index (κ1) is 16.4. The van der Waals surface area contributed by atoms with Crippen molar-refractivity contribution >= 4 is 11.6 Å². The molecule has 24 heavy (non-hydrogen) atoms. The number of halogens is 3. The Morgan fingerprint density at radius 1 is 1.38 bits per heavy atom. The van der Waals surface area contributed by atoms with Crippen LogP contribution in [0, 0.1) is 6.92 Å². The molecular formula is C16H16F3N3O2. The molecule has 0 N–H and O–H groups in total. The molecule has 2 heterocycles. The predicted molar refractivity (Wildman–Crippen MR) is 80.9 cm³/mol. The number of anilines is 1. The molecular weight excluding hydrogens is 323 g/mol. The molecule has 3 rings (SSSR count). The SMILES string of the molecule is Cc1cnn(CCC(=O)N2CCOc3ccc(C(F)(F)F)cc32)c1. The molecule has 0 fully saturated rings. The molecule has 0 radical (unpaired) electrons. The maximum Gasteiger partial charge on any atom is 0.416 e. The highest BCUT2D eigenvalue weighted by molar-refractivity contribution is 5.95. The third-order valence-electron chi connectivity index (χ3n) is 3.77. The van der Waals surface area contributed by atoms with E-state index in [1.54, 1.807) is 10.9 Å². The largest absolute Gasteiger partial charge is 0.490 e. The van der Waals surface area contributed by atoms with E-state index in [0.717, 1.165) is 17.7 Å². The Bertz CT molecular complexity index is 755. The molecule has 0 spiro atoms. The Morgan fingerprint density at radius 3 is 2.83 bits per heavy atom. The van der Waals surface area contributed by atoms with Gasteiger partial charge in [0.25, 0.3) is 0 Å². The number of ether oxygens (including phenoxy) is 1. The molecule has 1 aliphatic heterocycles. The van der Waals surface area contributed by atoms with Gasteiger partial charge < -0.3 is 9.64 Å². The Balaban J connectivity index is 1.78. The van der Waals surface area contributed by atoms with Gasteiger partial charge in [0.2, 0.25) is 5.91 Å². The zero-order chi connectivity index (χ0) is 17.3. The molecule has 0 saturated heterocycles. The van der Waals surface area contributed by atoms with Gasteiger partial charge in [0, 0.05) is 19.2 Å². The van der Waals surface area contributed by atoms with Crippen molar-refractivity contribution in [3.05, 3.63) is 41.7 Å². The molecule has 0 atom stereocenters. The van der Waals surface area contributed by atoms with Crippen LogP contribution in [0.4, 0.5) is 18.9 Å². The van der Waals surface area contributed by atoms with Crippen LogP contribution in [0.2, 0.25) is 0 Å². The third kappa shape index (κ3) is 3.37. The molecule has 0 unspecified atom stereocenters. The van der Waals surface area contributed by atoms with Crippen molar-refractivity contribution in [1.82, 2.24) is 9.78 Å². The van der Waals surface area contributed by atoms with Gasteiger partial charge in [0.15, 0.2) is 0 Å². The number of benzene rings is 1. The molecule has 0 bridgehead atoms. The Kier molecular flexibility index (Phi) is 4.21. The van der Waals surface area contributed by atoms with Crippen LogP contribution in [-0.2, 0) is 17.5 Å². The van der Waals surface area contributed by atoms with Crippen molar-refractivity contribution in [2.45, 2.75) is 26.1 Å². The molecule has 2 aromatic rings. The van der Waals surface area contributed by atoms with E-state index in [9.17, 15) is 18.0 Å². The van der Waals surface area contributed by atoms with Gasteiger partial charge in [-0.3, -0.25) is 9.48 Å². The van der Waals surface area contributed by atoms with Gasteiger partial charge in [-0.15, -0.1) is 0 Å². The number of hydrogen-bond acceptors (Lipinski definition) is 3. The van der Waals surface area contributed by atoms with Crippen LogP contribution in [0.3, 0.4) is 0 Å². The smallest absolute Gasteiger partial charge is 0.416 e. The summed E-state index contributed by atoms with van der Waals surface area (Å²) >= 11 is 0. The van der Waals surface area contributed by atoms with Gasteiger partial charge in [-0.05, 0) is 30.7 Å². The summed E-state index contributed by atoms with van der Waals surface area (Å²) in [6.07, 6.45) is -0.822. The summed E-state index contributed by atoms with van der Waals surface area (Å²) in [5.41, 5.74) is 0.346. The molecule has 0 saturated carbocycles. The summed E-state index contributed by atoms with van der Waals surface area (Å²) in [7, 11) is 0. The molecule has 1 aliphatic rings. The van der Waals surface area contributed by atoms with Gasteiger partial charge in [0.1, 0.15) is 12.4 Å². The molecule has 1 aromatic heterocycles. The molecule has 0 aliphatic carbocycles. The maximum atomic E-state index is 12.9. The number of nitrogens with zero attached hydrogens (tertiary/aromatic N) is 3. The lowest BCUT2D eigenvalue weighted by molar-refractivity contribution is -0.137. The Labute approximate surface area is 136 Å². The fraction of sp³-hybridized carbons (Fsp3) is 0.375. The van der Waals surface area contributed by atoms with E-state index in [4.69, 9.17) is 4.74 Å². The number of hydrogen-bond donors (Lipinski definition) is 0. The summed E-state index contributed by atoms with van der Waals surface area (Å²) in [6, 6.07) is 3.18. The van der Waals surface area contributed by atoms with E-state index in [0.29, 0.717) is 6.54 Å². The van der Waals surface area contributed by atoms with Gasteiger partial charge in [-0.25, -0.2) is 0 Å². The second kappa shape index (κ2) is 6.18. The van der Waals surface area contributed by atoms with Crippen molar-refractivity contribution in [1.29, 1.82) is 0 Å². The first-order valence-electron chi connectivity index (χ1n) is 7.48. The van der Waals surface area contributed by atoms with E-state index in [-0.39, 0.29) is 36.9 Å². The quantitative estimate of drug-likeness (QED) is 0.864. The van der Waals surface area contributed by atoms with E-state index < -0.39 is 11.7 Å². The first-order valence-corrected chi connectivity index (χ1v) is 7.48. The van der Waals surface area contributed by atoms with Crippen molar-refractivity contribution in [2.24, 2.45) is 0 Å². The number of alkyl halides is 3. The van der Waals surface area contributed by atoms with Crippen LogP contribution in [-0.4, -0.2) is 28.8 Å². The average molecular weight is 339 g/mol. The number of rotatable bonds is 3. The van der Waals surface area contributed by atoms with Crippen LogP contribution in [0.15, 0.2) is 30.6 Å². The molecule has 5 nitrogen and oxygen atoms in total. The zero-order valence-electron chi connectivity index (χ0n) is 13.0. The van der Waals surface area contributed by atoms with E-state index in [2.05, 4.69) is 5.10 Å². The third-order valence-corrected chi connectivity index (χ3v) is 3.77. The van der Waals surface area contributed by atoms with Crippen molar-refractivity contribution < 1.29 is 22.7 Å². The number of aryl methyl sites for hydroxylation is 2. The molecule has 1 amide bonds. The number of amides is 1. The highest BCUT2D eigenvalue weighted by Gasteiger charge is 2.33. The number of carbonyl (C=O) groups is 1. The normalized spacial score (nSPS) is 14.2. The highest BCUT2D eigenvalue weighted by atomic mass is 19.4.